The molecule has 0 N–H and O–H groups in total. The Balaban J connectivity index is 3.51. The average Bonchev–Trinajstić information content (AvgIpc) is 0.811. The fourth-order valence-electron chi connectivity index (χ4n) is 0. The Bertz CT molecular complexity index is 54.4. The van der Waals surface area contributed by atoms with Crippen LogP contribution in [-0.4, -0.2) is 34.5 Å². The van der Waals surface area contributed by atoms with Gasteiger partial charge >= 0.3 is 40.8 Å². The van der Waals surface area contributed by atoms with E-state index >= 15 is 0 Å². The van der Waals surface area contributed by atoms with Gasteiger partial charge in [-0.05, 0) is 0 Å². The molecule has 26 valence electrons. The molecule has 4 heavy (non-hydrogen) atoms. The maximum atomic E-state index is 9.21. The van der Waals surface area contributed by atoms with Gasteiger partial charge in [0, 0.05) is 0 Å². The van der Waals surface area contributed by atoms with Crippen molar-refractivity contribution in [2.75, 3.05) is 0 Å². The predicted molar refractivity (Wildman–Crippen MR) is 17.1 cm³/mol. The molecule has 0 aliphatic carbocycles. The molecule has 0 radical (unpaired) electrons. The van der Waals surface area contributed by atoms with Gasteiger partial charge in [-0.3, -0.25) is 0 Å². The molecule has 0 heterocycles. The Morgan fingerprint density at radius 3 is 1.50 bits per heavy atom. The molecule has 0 unspecified atom stereocenters. The first-order valence-electron chi connectivity index (χ1n) is 0.623. The molecule has 0 bridgehead atoms. The Morgan fingerprint density at radius 2 is 1.50 bits per heavy atom. The second kappa shape index (κ2) is 2.45. The minimum absolute atomic E-state index is 0.473. The van der Waals surface area contributed by atoms with Gasteiger partial charge in [-0.25, -0.2) is 0 Å². The van der Waals surface area contributed by atoms with Crippen LogP contribution in [0.5, 0.6) is 0 Å². The number of hydrogen-bond donors (Lipinski definition) is 0. The maximum absolute atomic E-state index is 9.21. The van der Waals surface area contributed by atoms with Crippen molar-refractivity contribution in [3.05, 3.63) is 0 Å². The number of hydrogen-bond acceptors (Lipinski definition) is 2. The summed E-state index contributed by atoms with van der Waals surface area (Å²) < 4.78 is 18.4. The van der Waals surface area contributed by atoms with Gasteiger partial charge in [-0.1, -0.05) is 0 Å². The second-order valence-corrected chi connectivity index (χ2v) is 9.99. The summed E-state index contributed by atoms with van der Waals surface area (Å²) >= 11 is -2.35. The molecule has 0 aromatic heterocycles. The van der Waals surface area contributed by atoms with Gasteiger partial charge in [0.1, 0.15) is 0 Å². The van der Waals surface area contributed by atoms with Gasteiger partial charge < -0.3 is 0 Å². The average molecular weight is 284 g/mol. The quantitative estimate of drug-likeness (QED) is 0.492. The van der Waals surface area contributed by atoms with Crippen LogP contribution in [0.1, 0.15) is 0 Å². The first kappa shape index (κ1) is 5.21. The molecule has 4 heteroatoms. The minimum atomic E-state index is -2.82. The summed E-state index contributed by atoms with van der Waals surface area (Å²) in [7, 11) is 0. The van der Waals surface area contributed by atoms with Gasteiger partial charge in [-0.15, -0.1) is 0 Å². The van der Waals surface area contributed by atoms with E-state index in [9.17, 15) is 6.21 Å². The molecular formula is H3O2SbTe. The van der Waals surface area contributed by atoms with E-state index in [1.54, 1.807) is 0 Å². The van der Waals surface area contributed by atoms with E-state index in [1.165, 1.54) is 0 Å². The number of rotatable bonds is 0. The molecule has 0 amide bonds. The summed E-state index contributed by atoms with van der Waals surface area (Å²) in [5.41, 5.74) is 0. The van der Waals surface area contributed by atoms with Crippen molar-refractivity contribution < 1.29 is 6.21 Å². The van der Waals surface area contributed by atoms with E-state index in [4.69, 9.17) is 0 Å². The predicted octanol–water partition coefficient (Wildman–Crippen LogP) is -1.80. The zero-order chi connectivity index (χ0) is 3.58. The zero-order valence-corrected chi connectivity index (χ0v) is 7.69. The second-order valence-electron chi connectivity index (χ2n) is 0.285. The summed E-state index contributed by atoms with van der Waals surface area (Å²) in [5, 5.41) is 0. The van der Waals surface area contributed by atoms with Crippen molar-refractivity contribution in [3.63, 3.8) is 0 Å². The van der Waals surface area contributed by atoms with Crippen LogP contribution in [0, 0.1) is 0 Å². The third kappa shape index (κ3) is 10.7. The van der Waals surface area contributed by atoms with Gasteiger partial charge in [-0.2, -0.15) is 0 Å². The molecule has 0 fully saturated rings. The first-order chi connectivity index (χ1) is 1.73. The Morgan fingerprint density at radius 1 is 1.50 bits per heavy atom. The van der Waals surface area contributed by atoms with Crippen LogP contribution < -0.4 is 0 Å². The molecule has 0 aliphatic heterocycles. The van der Waals surface area contributed by atoms with E-state index in [0.717, 1.165) is 0 Å². The first-order valence-corrected chi connectivity index (χ1v) is 14.1. The SMILES string of the molecule is O=[TeH](=O)[SbH2]. The summed E-state index contributed by atoms with van der Waals surface area (Å²) in [6.45, 7) is 0. The normalized spacial score (nSPS) is 8.50. The third-order valence-corrected chi connectivity index (χ3v) is 0. The summed E-state index contributed by atoms with van der Waals surface area (Å²) in [6.07, 6.45) is 0. The summed E-state index contributed by atoms with van der Waals surface area (Å²) in [4.78, 5) is 0. The van der Waals surface area contributed by atoms with Crippen molar-refractivity contribution in [1.82, 2.24) is 0 Å². The molecule has 0 spiro atoms. The van der Waals surface area contributed by atoms with E-state index < -0.39 is 15.5 Å². The fraction of sp³-hybridized carbons (Fsp3) is 0. The molecule has 0 aromatic carbocycles. The van der Waals surface area contributed by atoms with E-state index in [-0.39, 0.29) is 0 Å². The van der Waals surface area contributed by atoms with E-state index in [0.29, 0.717) is 19.1 Å². The molecule has 0 saturated carbocycles. The zero-order valence-electron chi connectivity index (χ0n) is 1.84. The standard InChI is InChI=1S/HO2Te.Sb.2H/c1-3-2;;;/h3H;;;. The van der Waals surface area contributed by atoms with Gasteiger partial charge in [0.05, 0.1) is 0 Å². The van der Waals surface area contributed by atoms with Crippen LogP contribution in [0.25, 0.3) is 0 Å². The molecule has 0 saturated heterocycles. The van der Waals surface area contributed by atoms with Crippen molar-refractivity contribution in [1.29, 1.82) is 0 Å². The summed E-state index contributed by atoms with van der Waals surface area (Å²) in [6, 6.07) is 0. The Hall–Kier alpha value is 1.21. The van der Waals surface area contributed by atoms with Crippen LogP contribution >= 0.6 is 0 Å². The molecule has 2 nitrogen and oxygen atoms in total. The van der Waals surface area contributed by atoms with Crippen molar-refractivity contribution in [3.8, 4) is 0 Å². The van der Waals surface area contributed by atoms with Crippen LogP contribution in [0.4, 0.5) is 0 Å². The van der Waals surface area contributed by atoms with E-state index in [1.807, 2.05) is 0 Å². The van der Waals surface area contributed by atoms with Gasteiger partial charge in [0.25, 0.3) is 0 Å². The van der Waals surface area contributed by atoms with Crippen molar-refractivity contribution in [2.45, 2.75) is 0 Å². The molecular weight excluding hydrogens is 281 g/mol. The Labute approximate surface area is 40.5 Å². The third-order valence-electron chi connectivity index (χ3n) is 0. The molecule has 0 rings (SSSR count). The van der Waals surface area contributed by atoms with Crippen LogP contribution in [-0.2, 0) is 6.21 Å². The van der Waals surface area contributed by atoms with E-state index in [2.05, 4.69) is 0 Å². The summed E-state index contributed by atoms with van der Waals surface area (Å²) in [5.74, 6) is 0. The van der Waals surface area contributed by atoms with Crippen molar-refractivity contribution >= 4 is 34.5 Å². The monoisotopic (exact) mass is 286 g/mol. The Kier molecular flexibility index (Phi) is 3.18. The molecule has 0 aliphatic rings. The van der Waals surface area contributed by atoms with Crippen molar-refractivity contribution in [2.24, 2.45) is 0 Å². The molecule has 0 atom stereocenters. The van der Waals surface area contributed by atoms with Crippen LogP contribution in [0.3, 0.4) is 0 Å². The van der Waals surface area contributed by atoms with Gasteiger partial charge in [0.2, 0.25) is 0 Å². The topological polar surface area (TPSA) is 34.1 Å². The molecule has 0 aromatic rings. The van der Waals surface area contributed by atoms with Crippen LogP contribution in [0.15, 0.2) is 0 Å². The van der Waals surface area contributed by atoms with Crippen LogP contribution in [0.2, 0.25) is 0 Å². The van der Waals surface area contributed by atoms with Gasteiger partial charge in [0.15, 0.2) is 0 Å². The fourth-order valence-corrected chi connectivity index (χ4v) is 0.